The summed E-state index contributed by atoms with van der Waals surface area (Å²) in [6.45, 7) is 0. The van der Waals surface area contributed by atoms with E-state index in [1.807, 2.05) is 0 Å². The lowest BCUT2D eigenvalue weighted by atomic mass is 10.0. The quantitative estimate of drug-likeness (QED) is 0.314. The third-order valence-corrected chi connectivity index (χ3v) is 7.23. The molecule has 3 N–H and O–H groups in total. The molecule has 1 aliphatic heterocycles. The van der Waals surface area contributed by atoms with Crippen molar-refractivity contribution in [1.29, 1.82) is 0 Å². The Bertz CT molecular complexity index is 1370. The highest BCUT2D eigenvalue weighted by Gasteiger charge is 2.14. The van der Waals surface area contributed by atoms with E-state index in [-0.39, 0.29) is 5.48 Å². The summed E-state index contributed by atoms with van der Waals surface area (Å²) in [5.41, 5.74) is 2.27. The number of thioether (sulfide) groups is 1. The molecule has 2 heterocycles. The molecule has 146 valence electrons. The molecule has 30 heavy (non-hydrogen) atoms. The Labute approximate surface area is 182 Å². The molecule has 0 spiro atoms. The molecule has 0 saturated carbocycles. The van der Waals surface area contributed by atoms with E-state index in [0.717, 1.165) is 15.6 Å². The molecule has 0 unspecified atom stereocenters. The molecule has 6 rings (SSSR count). The number of benzene rings is 4. The summed E-state index contributed by atoms with van der Waals surface area (Å²) in [7, 11) is 0. The number of allylic oxidation sites excluding steroid dienone is 2. The number of aromatic nitrogens is 1. The van der Waals surface area contributed by atoms with Gasteiger partial charge in [0.1, 0.15) is 5.01 Å². The number of rotatable bonds is 2. The molecular weight excluding hydrogens is 408 g/mol. The van der Waals surface area contributed by atoms with Crippen molar-refractivity contribution in [3.8, 4) is 0 Å². The van der Waals surface area contributed by atoms with Gasteiger partial charge in [-0.25, -0.2) is 4.98 Å². The first kappa shape index (κ1) is 18.9. The Morgan fingerprint density at radius 1 is 0.767 bits per heavy atom. The minimum absolute atomic E-state index is 0. The van der Waals surface area contributed by atoms with Gasteiger partial charge in [0.05, 0.1) is 20.9 Å². The molecular formula is C25H18N2OS2. The van der Waals surface area contributed by atoms with Crippen molar-refractivity contribution in [2.45, 2.75) is 4.90 Å². The molecule has 0 radical (unpaired) electrons. The highest BCUT2D eigenvalue weighted by atomic mass is 32.2. The fraction of sp³-hybridized carbons (Fsp3) is 0. The normalized spacial score (nSPS) is 14.5. The number of nitrogens with zero attached hydrogens (tertiary/aromatic N) is 1. The van der Waals surface area contributed by atoms with Crippen LogP contribution in [0.1, 0.15) is 5.01 Å². The van der Waals surface area contributed by atoms with Gasteiger partial charge >= 0.3 is 0 Å². The van der Waals surface area contributed by atoms with Gasteiger partial charge in [-0.05, 0) is 35.1 Å². The van der Waals surface area contributed by atoms with E-state index >= 15 is 0 Å². The van der Waals surface area contributed by atoms with Crippen LogP contribution in [0.25, 0.3) is 37.8 Å². The Balaban J connectivity index is 0.00000193. The minimum atomic E-state index is 0. The van der Waals surface area contributed by atoms with Crippen LogP contribution in [0.15, 0.2) is 94.9 Å². The van der Waals surface area contributed by atoms with Gasteiger partial charge in [0, 0.05) is 15.7 Å². The van der Waals surface area contributed by atoms with Gasteiger partial charge in [0.15, 0.2) is 0 Å². The third kappa shape index (κ3) is 3.08. The zero-order valence-electron chi connectivity index (χ0n) is 15.9. The second-order valence-corrected chi connectivity index (χ2v) is 9.05. The lowest BCUT2D eigenvalue weighted by Gasteiger charge is -2.05. The molecule has 0 fully saturated rings. The Hall–Kier alpha value is -3.12. The lowest BCUT2D eigenvalue weighted by Crippen LogP contribution is -1.86. The largest absolute Gasteiger partial charge is 0.412 e. The van der Waals surface area contributed by atoms with Crippen molar-refractivity contribution in [3.63, 3.8) is 0 Å². The van der Waals surface area contributed by atoms with E-state index in [2.05, 4.69) is 96.3 Å². The first-order valence-electron chi connectivity index (χ1n) is 9.49. The van der Waals surface area contributed by atoms with Crippen molar-refractivity contribution in [3.05, 3.63) is 95.0 Å². The van der Waals surface area contributed by atoms with Crippen LogP contribution >= 0.6 is 23.1 Å². The topological polar surface area (TPSA) is 56.4 Å². The zero-order valence-corrected chi connectivity index (χ0v) is 17.6. The SMILES string of the molecule is C(=Cc1nc2c3ccccc3c3ccccc3c2s1)C=C1Nc2ccccc2S1.O. The summed E-state index contributed by atoms with van der Waals surface area (Å²) in [5.74, 6) is 0. The predicted octanol–water partition coefficient (Wildman–Crippen LogP) is 6.85. The van der Waals surface area contributed by atoms with Crippen molar-refractivity contribution < 1.29 is 5.48 Å². The first-order valence-corrected chi connectivity index (χ1v) is 11.1. The maximum Gasteiger partial charge on any atom is 0.117 e. The second-order valence-electron chi connectivity index (χ2n) is 6.93. The first-order chi connectivity index (χ1) is 14.4. The molecule has 0 aliphatic carbocycles. The van der Waals surface area contributed by atoms with Gasteiger partial charge in [0.2, 0.25) is 0 Å². The van der Waals surface area contributed by atoms with Crippen LogP contribution in [-0.4, -0.2) is 10.5 Å². The summed E-state index contributed by atoms with van der Waals surface area (Å²) in [6, 6.07) is 25.6. The summed E-state index contributed by atoms with van der Waals surface area (Å²) in [4.78, 5) is 6.24. The van der Waals surface area contributed by atoms with Crippen LogP contribution in [0.3, 0.4) is 0 Å². The monoisotopic (exact) mass is 426 g/mol. The van der Waals surface area contributed by atoms with Crippen LogP contribution in [0.5, 0.6) is 0 Å². The smallest absolute Gasteiger partial charge is 0.117 e. The third-order valence-electron chi connectivity index (χ3n) is 5.14. The van der Waals surface area contributed by atoms with Crippen molar-refractivity contribution in [1.82, 2.24) is 4.98 Å². The predicted molar refractivity (Wildman–Crippen MR) is 131 cm³/mol. The highest BCUT2D eigenvalue weighted by molar-refractivity contribution is 8.03. The fourth-order valence-corrected chi connectivity index (χ4v) is 5.80. The maximum atomic E-state index is 4.97. The molecule has 0 atom stereocenters. The van der Waals surface area contributed by atoms with E-state index in [1.165, 1.54) is 36.8 Å². The summed E-state index contributed by atoms with van der Waals surface area (Å²) < 4.78 is 1.26. The van der Waals surface area contributed by atoms with E-state index in [1.54, 1.807) is 23.1 Å². The molecule has 1 aromatic heterocycles. The van der Waals surface area contributed by atoms with Gasteiger partial charge in [-0.3, -0.25) is 0 Å². The Morgan fingerprint density at radius 3 is 2.23 bits per heavy atom. The van der Waals surface area contributed by atoms with Crippen LogP contribution < -0.4 is 5.32 Å². The number of fused-ring (bicyclic) bond motifs is 7. The van der Waals surface area contributed by atoms with Crippen molar-refractivity contribution >= 4 is 66.6 Å². The molecule has 5 heteroatoms. The lowest BCUT2D eigenvalue weighted by molar-refractivity contribution is 0.824. The molecule has 0 bridgehead atoms. The van der Waals surface area contributed by atoms with Crippen LogP contribution in [-0.2, 0) is 0 Å². The average Bonchev–Trinajstić information content (AvgIpc) is 3.38. The van der Waals surface area contributed by atoms with Crippen molar-refractivity contribution in [2.24, 2.45) is 0 Å². The van der Waals surface area contributed by atoms with Crippen LogP contribution in [0.2, 0.25) is 0 Å². The average molecular weight is 427 g/mol. The van der Waals surface area contributed by atoms with Gasteiger partial charge in [0.25, 0.3) is 0 Å². The maximum absolute atomic E-state index is 4.97. The molecule has 1 aliphatic rings. The van der Waals surface area contributed by atoms with E-state index < -0.39 is 0 Å². The second kappa shape index (κ2) is 7.61. The van der Waals surface area contributed by atoms with Gasteiger partial charge in [-0.15, -0.1) is 11.3 Å². The molecule has 3 nitrogen and oxygen atoms in total. The zero-order chi connectivity index (χ0) is 19.2. The molecule has 0 saturated heterocycles. The number of hydrogen-bond donors (Lipinski definition) is 1. The number of nitrogens with one attached hydrogen (secondary N) is 1. The number of anilines is 1. The Morgan fingerprint density at radius 2 is 1.43 bits per heavy atom. The van der Waals surface area contributed by atoms with E-state index in [4.69, 9.17) is 4.98 Å². The summed E-state index contributed by atoms with van der Waals surface area (Å²) in [5, 5.41) is 10.7. The van der Waals surface area contributed by atoms with Crippen LogP contribution in [0, 0.1) is 0 Å². The van der Waals surface area contributed by atoms with Gasteiger partial charge in [-0.2, -0.15) is 0 Å². The van der Waals surface area contributed by atoms with Gasteiger partial charge < -0.3 is 10.8 Å². The molecule has 5 aromatic rings. The molecule has 4 aromatic carbocycles. The number of thiazole rings is 1. The minimum Gasteiger partial charge on any atom is -0.412 e. The van der Waals surface area contributed by atoms with Crippen molar-refractivity contribution in [2.75, 3.05) is 5.32 Å². The summed E-state index contributed by atoms with van der Waals surface area (Å²) >= 11 is 3.52. The van der Waals surface area contributed by atoms with Crippen LogP contribution in [0.4, 0.5) is 5.69 Å². The molecule has 0 amide bonds. The van der Waals surface area contributed by atoms with Gasteiger partial charge in [-0.1, -0.05) is 78.5 Å². The highest BCUT2D eigenvalue weighted by Crippen LogP contribution is 2.41. The standard InChI is InChI=1S/C25H16N2S2.H2O/c1-3-10-18-16(8-1)17-9-2-4-11-19(17)25-24(18)27-23(29-25)15-7-14-22-26-20-12-5-6-13-21(20)28-22;/h1-15,26H;1H2. The summed E-state index contributed by atoms with van der Waals surface area (Å²) in [6.07, 6.45) is 6.31. The van der Waals surface area contributed by atoms with E-state index in [0.29, 0.717) is 0 Å². The van der Waals surface area contributed by atoms with E-state index in [9.17, 15) is 0 Å². The number of para-hydroxylation sites is 1. The Kier molecular flexibility index (Phi) is 4.79. The fourth-order valence-electron chi connectivity index (χ4n) is 3.84. The number of hydrogen-bond acceptors (Lipinski definition) is 4.